The summed E-state index contributed by atoms with van der Waals surface area (Å²) in [5, 5.41) is 49.3. The summed E-state index contributed by atoms with van der Waals surface area (Å²) in [5.74, 6) is -1.51. The topological polar surface area (TPSA) is 269 Å². The molecule has 1 amide bonds. The lowest BCUT2D eigenvalue weighted by Gasteiger charge is -2.27. The van der Waals surface area contributed by atoms with Gasteiger partial charge in [-0.15, -0.1) is 0 Å². The first-order chi connectivity index (χ1) is 60.7. The number of Topliss-reactive ketones (excluding diaryl/α,β-unsaturated/α-hetero) is 2. The van der Waals surface area contributed by atoms with Crippen molar-refractivity contribution >= 4 is 40.1 Å². The number of nitrogens with zero attached hydrogens (tertiary/aromatic N) is 9. The number of benzene rings is 4. The second kappa shape index (κ2) is 42.7. The maximum Gasteiger partial charge on any atom is 0.416 e. The first-order valence-corrected chi connectivity index (χ1v) is 43.5. The zero-order chi connectivity index (χ0) is 100. The Kier molecular flexibility index (Phi) is 33.8. The SMILES string of the molecule is CC(C)(C)c1cc(CC(=O)c2cc(C(F)(F)F)ccc2F)n(CC2CCC2)n1.CC(C)(C)c1cc(N)n(CC2CCC2)n1.CC(C)(O)CO.CC(C)(O)COc1ccc(C(F)(F)F)cc1C(=O)Cc1cc(C(C)(C)C)nn1CC1CCC1.O=C(Cl)c1cc(C(F)(F)F)ccc1F.[3H]C([3H])([3H])n1c(C(C)(C)C)cc(=NC(=O)c2cc(C(F)(F)F)ccc2OCC(C)(C)O)n1CC1CCC1. The summed E-state index contributed by atoms with van der Waals surface area (Å²) >= 11 is 4.88. The molecule has 4 aromatic heterocycles. The molecule has 4 saturated carbocycles. The van der Waals surface area contributed by atoms with Gasteiger partial charge in [-0.05, 0) is 213 Å². The number of hydrogen-bond acceptors (Lipinski definition) is 14. The van der Waals surface area contributed by atoms with Crippen LogP contribution in [0.3, 0.4) is 0 Å². The molecule has 35 heteroatoms. The van der Waals surface area contributed by atoms with E-state index in [-0.39, 0.29) is 77.4 Å². The molecule has 0 aliphatic heterocycles. The predicted molar refractivity (Wildman–Crippen MR) is 467 cm³/mol. The molecule has 0 bridgehead atoms. The van der Waals surface area contributed by atoms with Gasteiger partial charge in [-0.3, -0.25) is 37.9 Å². The number of hydrogen-bond donors (Lipinski definition) is 5. The number of ketones is 2. The molecule has 4 heterocycles. The number of nitrogens with two attached hydrogens (primary N) is 1. The third kappa shape index (κ3) is 32.3. The minimum atomic E-state index is -4.71. The van der Waals surface area contributed by atoms with E-state index in [4.69, 9.17) is 46.2 Å². The molecular formula is C95H125ClF14N10O10. The van der Waals surface area contributed by atoms with Gasteiger partial charge < -0.3 is 35.6 Å². The fraction of sp³-hybridized carbons (Fsp3) is 0.579. The van der Waals surface area contributed by atoms with Gasteiger partial charge in [-0.1, -0.05) is 109 Å². The first-order valence-electron chi connectivity index (χ1n) is 44.6. The van der Waals surface area contributed by atoms with Crippen molar-refractivity contribution in [3.63, 3.8) is 0 Å². The highest BCUT2D eigenvalue weighted by molar-refractivity contribution is 6.67. The molecule has 130 heavy (non-hydrogen) atoms. The number of anilines is 1. The molecule has 6 N–H and O–H groups in total. The molecule has 0 atom stereocenters. The fourth-order valence-corrected chi connectivity index (χ4v) is 13.3. The van der Waals surface area contributed by atoms with Crippen molar-refractivity contribution in [1.29, 1.82) is 0 Å². The molecular weight excluding hydrogens is 1740 g/mol. The lowest BCUT2D eigenvalue weighted by molar-refractivity contribution is -0.138. The summed E-state index contributed by atoms with van der Waals surface area (Å²) in [4.78, 5) is 53.9. The van der Waals surface area contributed by atoms with Crippen LogP contribution in [0.5, 0.6) is 11.5 Å². The first kappa shape index (κ1) is 103. The van der Waals surface area contributed by atoms with Crippen LogP contribution in [0.2, 0.25) is 0 Å². The van der Waals surface area contributed by atoms with E-state index in [9.17, 15) is 90.9 Å². The Morgan fingerprint density at radius 3 is 1.10 bits per heavy atom. The number of carbonyl (C=O) groups is 4. The summed E-state index contributed by atoms with van der Waals surface area (Å²) in [7, 11) is 0. The lowest BCUT2D eigenvalue weighted by atomic mass is 9.85. The summed E-state index contributed by atoms with van der Waals surface area (Å²) in [6.07, 6.45) is -5.18. The summed E-state index contributed by atoms with van der Waals surface area (Å²) in [5.41, 5.74) is 0.0618. The molecule has 12 rings (SSSR count). The second-order valence-corrected chi connectivity index (χ2v) is 40.2. The zero-order valence-corrected chi connectivity index (χ0v) is 77.7. The molecule has 4 aromatic carbocycles. The fourth-order valence-electron chi connectivity index (χ4n) is 13.2. The molecule has 8 aromatic rings. The van der Waals surface area contributed by atoms with Crippen LogP contribution in [0.4, 0.5) is 67.3 Å². The molecule has 4 aliphatic carbocycles. The number of carbonyl (C=O) groups excluding carboxylic acids is 4. The number of aromatic nitrogens is 8. The van der Waals surface area contributed by atoms with Crippen LogP contribution < -0.4 is 20.7 Å². The van der Waals surface area contributed by atoms with Crippen molar-refractivity contribution in [2.45, 2.75) is 304 Å². The minimum absolute atomic E-state index is 0.0243. The molecule has 0 radical (unpaired) electrons. The number of amides is 1. The van der Waals surface area contributed by atoms with Gasteiger partial charge in [0.1, 0.15) is 42.2 Å². The third-order valence-corrected chi connectivity index (χ3v) is 22.1. The lowest BCUT2D eigenvalue weighted by Crippen LogP contribution is -2.31. The van der Waals surface area contributed by atoms with Gasteiger partial charge in [0.25, 0.3) is 11.1 Å². The van der Waals surface area contributed by atoms with Crippen molar-refractivity contribution in [3.8, 4) is 11.5 Å². The molecule has 0 saturated heterocycles. The standard InChI is InChI=1S/C25H34F3N3O3.C25H33F3N2O3.C21H24F4N2O.C12H21N3.C8H3ClF4O.C4H10O2/c1-23(2,3)20-13-21(31(30(20)6)14-16-8-7-9-16)29-22(32)18-12-17(25(26,27)28)10-11-19(18)34-15-24(4,5)33;1-23(2,3)22-13-18(30(29-22)14-16-7-6-8-16)12-20(31)19-11-17(25(26,27)28)9-10-21(19)33-15-24(4,5)32;1-20(2,3)19-11-15(27(26-19)12-13-5-4-6-13)10-18(28)16-9-14(21(23,24)25)7-8-17(16)22;1-12(2,3)10-7-11(13)15(14-10)8-9-5-4-6-9;9-7(14)5-3-4(8(11,12)13)1-2-6(5)10;1-4(2,6)3-5/h10-13,16,33H,7-9,14-15H2,1-6H3;9-11,13,16,32H,6-8,12,14-15H2,1-5H3;7-9,11,13H,4-6,10,12H2,1-3H3;7,9H,4-6,8,13H2,1-3H3;1-3H;5-6H,3H2,1-2H3/i6T3;;;;;. The van der Waals surface area contributed by atoms with Crippen molar-refractivity contribution in [3.05, 3.63) is 193 Å². The Bertz CT molecular complexity index is 5370. The summed E-state index contributed by atoms with van der Waals surface area (Å²) in [6, 6.07) is 15.9. The Morgan fingerprint density at radius 1 is 0.446 bits per heavy atom. The van der Waals surface area contributed by atoms with Gasteiger partial charge in [0.05, 0.1) is 97.8 Å². The van der Waals surface area contributed by atoms with Gasteiger partial charge in [-0.25, -0.2) is 13.5 Å². The second-order valence-electron chi connectivity index (χ2n) is 39.9. The number of alkyl halides is 12. The summed E-state index contributed by atoms with van der Waals surface area (Å²) < 4.78 is 226. The number of aliphatic hydroxyl groups is 4. The van der Waals surface area contributed by atoms with Crippen LogP contribution in [-0.4, -0.2) is 118 Å². The average molecular weight is 1870 g/mol. The monoisotopic (exact) mass is 1870 g/mol. The van der Waals surface area contributed by atoms with E-state index < -0.39 is 127 Å². The Hall–Kier alpha value is -9.25. The van der Waals surface area contributed by atoms with Crippen molar-refractivity contribution in [2.24, 2.45) is 35.6 Å². The Labute approximate surface area is 759 Å². The van der Waals surface area contributed by atoms with Gasteiger partial charge in [-0.2, -0.15) is 73.0 Å². The van der Waals surface area contributed by atoms with Gasteiger partial charge in [0.15, 0.2) is 17.1 Å². The van der Waals surface area contributed by atoms with E-state index in [0.717, 1.165) is 115 Å². The predicted octanol–water partition coefficient (Wildman–Crippen LogP) is 21.5. The number of halogens is 15. The normalized spacial score (nSPS) is 15.7. The van der Waals surface area contributed by atoms with Crippen LogP contribution in [0, 0.1) is 35.3 Å². The van der Waals surface area contributed by atoms with E-state index in [1.807, 2.05) is 89.9 Å². The average Bonchev–Trinajstić information content (AvgIpc) is 1.61. The van der Waals surface area contributed by atoms with Crippen molar-refractivity contribution < 1.29 is 115 Å². The summed E-state index contributed by atoms with van der Waals surface area (Å²) in [6.45, 7) is 32.7. The highest BCUT2D eigenvalue weighted by atomic mass is 35.5. The van der Waals surface area contributed by atoms with Gasteiger partial charge in [0.2, 0.25) is 0 Å². The number of ether oxygens (including phenoxy) is 2. The maximum atomic E-state index is 14.1. The molecule has 0 unspecified atom stereocenters. The van der Waals surface area contributed by atoms with E-state index in [1.54, 1.807) is 18.5 Å². The molecule has 4 aliphatic rings. The number of nitrogen functional groups attached to an aromatic ring is 1. The third-order valence-electron chi connectivity index (χ3n) is 21.9. The van der Waals surface area contributed by atoms with Crippen LogP contribution >= 0.6 is 11.6 Å². The molecule has 720 valence electrons. The quantitative estimate of drug-likeness (QED) is 0.0226. The van der Waals surface area contributed by atoms with Crippen molar-refractivity contribution in [1.82, 2.24) is 38.7 Å². The number of aliphatic hydroxyl groups excluding tert-OH is 1. The van der Waals surface area contributed by atoms with Crippen LogP contribution in [0.15, 0.2) is 102 Å². The smallest absolute Gasteiger partial charge is 0.416 e. The van der Waals surface area contributed by atoms with Gasteiger partial charge >= 0.3 is 24.7 Å². The molecule has 20 nitrogen and oxygen atoms in total. The van der Waals surface area contributed by atoms with E-state index >= 15 is 0 Å². The maximum absolute atomic E-state index is 14.1. The van der Waals surface area contributed by atoms with E-state index in [1.165, 1.54) is 70.5 Å². The van der Waals surface area contributed by atoms with Crippen LogP contribution in [-0.2, 0) is 92.4 Å². The molecule has 0 spiro atoms. The largest absolute Gasteiger partial charge is 0.490 e. The zero-order valence-electron chi connectivity index (χ0n) is 79.9. The van der Waals surface area contributed by atoms with Gasteiger partial charge in [0, 0.05) is 88.1 Å². The van der Waals surface area contributed by atoms with Crippen molar-refractivity contribution in [2.75, 3.05) is 25.6 Å². The highest BCUT2D eigenvalue weighted by Crippen LogP contribution is 2.40. The highest BCUT2D eigenvalue weighted by Gasteiger charge is 2.39. The Morgan fingerprint density at radius 2 is 0.769 bits per heavy atom. The minimum Gasteiger partial charge on any atom is -0.490 e. The van der Waals surface area contributed by atoms with Crippen LogP contribution in [0.1, 0.15) is 304 Å². The number of rotatable bonds is 23. The van der Waals surface area contributed by atoms with E-state index in [2.05, 4.69) is 36.0 Å². The van der Waals surface area contributed by atoms with Crippen LogP contribution in [0.25, 0.3) is 0 Å². The van der Waals surface area contributed by atoms with E-state index in [0.29, 0.717) is 91.0 Å². The molecule has 4 fully saturated rings. The Balaban J connectivity index is 0.000000232.